The summed E-state index contributed by atoms with van der Waals surface area (Å²) in [6.45, 7) is 0.488. The van der Waals surface area contributed by atoms with Crippen molar-refractivity contribution < 1.29 is 26.3 Å². The first-order valence-corrected chi connectivity index (χ1v) is 13.1. The number of sulfonamides is 1. The third-order valence-corrected chi connectivity index (χ3v) is 8.48. The lowest BCUT2D eigenvalue weighted by Gasteiger charge is -2.45. The van der Waals surface area contributed by atoms with E-state index in [0.29, 0.717) is 30.0 Å². The summed E-state index contributed by atoms with van der Waals surface area (Å²) in [6.07, 6.45) is -1.24. The Morgan fingerprint density at radius 3 is 2.71 bits per heavy atom. The van der Waals surface area contributed by atoms with Crippen LogP contribution in [0, 0.1) is 5.92 Å². The molecule has 2 aliphatic rings. The highest BCUT2D eigenvalue weighted by Gasteiger charge is 2.47. The molecule has 10 nitrogen and oxygen atoms in total. The molecule has 1 aromatic carbocycles. The number of piperidine rings is 1. The molecule has 35 heavy (non-hydrogen) atoms. The van der Waals surface area contributed by atoms with Gasteiger partial charge in [0.05, 0.1) is 35.4 Å². The first-order valence-electron chi connectivity index (χ1n) is 10.8. The molecule has 3 aromatic rings. The highest BCUT2D eigenvalue weighted by molar-refractivity contribution is 7.93. The number of nitrogen functional groups attached to an aromatic ring is 1. The number of halogens is 3. The van der Waals surface area contributed by atoms with Gasteiger partial charge in [0.2, 0.25) is 5.13 Å². The van der Waals surface area contributed by atoms with E-state index < -0.39 is 28.2 Å². The second kappa shape index (κ2) is 8.95. The number of ether oxygens (including phenoxy) is 1. The van der Waals surface area contributed by atoms with Crippen molar-refractivity contribution in [3.05, 3.63) is 48.0 Å². The number of fused-ring (bicyclic) bond motifs is 1. The van der Waals surface area contributed by atoms with E-state index in [4.69, 9.17) is 10.6 Å². The average molecular weight is 530 g/mol. The molecule has 188 valence electrons. The van der Waals surface area contributed by atoms with Gasteiger partial charge in [0, 0.05) is 42.2 Å². The summed E-state index contributed by atoms with van der Waals surface area (Å²) >= 11 is 0.908. The molecule has 0 amide bonds. The van der Waals surface area contributed by atoms with E-state index in [1.807, 2.05) is 4.90 Å². The molecule has 0 radical (unpaired) electrons. The van der Waals surface area contributed by atoms with Gasteiger partial charge in [0.25, 0.3) is 10.0 Å². The fourth-order valence-electron chi connectivity index (χ4n) is 4.79. The largest absolute Gasteiger partial charge is 0.493 e. The molecule has 0 saturated carbocycles. The fraction of sp³-hybridized carbons (Fsp3) is 0.450. The molecule has 2 aromatic heterocycles. The Balaban J connectivity index is 1.46. The lowest BCUT2D eigenvalue weighted by atomic mass is 9.85. The van der Waals surface area contributed by atoms with Crippen molar-refractivity contribution in [1.82, 2.24) is 24.1 Å². The van der Waals surface area contributed by atoms with E-state index in [2.05, 4.69) is 19.2 Å². The molecule has 2 aliphatic heterocycles. The fourth-order valence-corrected chi connectivity index (χ4v) is 6.46. The zero-order valence-electron chi connectivity index (χ0n) is 18.2. The maximum absolute atomic E-state index is 13.6. The van der Waals surface area contributed by atoms with Gasteiger partial charge in [-0.05, 0) is 25.0 Å². The van der Waals surface area contributed by atoms with Crippen LogP contribution in [0.3, 0.4) is 0 Å². The van der Waals surface area contributed by atoms with Crippen LogP contribution >= 0.6 is 11.5 Å². The zero-order valence-corrected chi connectivity index (χ0v) is 19.9. The SMILES string of the molecule is Nn1nccc1[C@H]1C[C@@H](C(F)(F)F)CCN1[C@@H]1CCOc2cc(S(=O)(=O)Nc3ncns3)ccc21. The molecular formula is C20H22F3N7O3S2. The Kier molecular flexibility index (Phi) is 6.09. The highest BCUT2D eigenvalue weighted by atomic mass is 32.2. The predicted octanol–water partition coefficient (Wildman–Crippen LogP) is 3.09. The lowest BCUT2D eigenvalue weighted by molar-refractivity contribution is -0.192. The van der Waals surface area contributed by atoms with E-state index in [-0.39, 0.29) is 35.5 Å². The molecule has 0 bridgehead atoms. The second-order valence-corrected chi connectivity index (χ2v) is 10.9. The van der Waals surface area contributed by atoms with Crippen LogP contribution in [0.15, 0.2) is 41.7 Å². The van der Waals surface area contributed by atoms with Crippen molar-refractivity contribution in [2.24, 2.45) is 5.92 Å². The van der Waals surface area contributed by atoms with Gasteiger partial charge < -0.3 is 10.6 Å². The number of benzene rings is 1. The summed E-state index contributed by atoms with van der Waals surface area (Å²) in [5.74, 6) is 4.85. The molecular weight excluding hydrogens is 507 g/mol. The van der Waals surface area contributed by atoms with Crippen LogP contribution in [0.1, 0.15) is 42.6 Å². The first kappa shape index (κ1) is 23.8. The number of aromatic nitrogens is 4. The molecule has 1 saturated heterocycles. The Morgan fingerprint density at radius 1 is 1.20 bits per heavy atom. The summed E-state index contributed by atoms with van der Waals surface area (Å²) in [4.78, 5) is 6.93. The number of alkyl halides is 3. The summed E-state index contributed by atoms with van der Waals surface area (Å²) in [5, 5.41) is 4.09. The van der Waals surface area contributed by atoms with Crippen LogP contribution in [0.4, 0.5) is 18.3 Å². The zero-order chi connectivity index (χ0) is 24.8. The van der Waals surface area contributed by atoms with Crippen LogP contribution in [0.2, 0.25) is 0 Å². The number of hydrogen-bond donors (Lipinski definition) is 2. The Bertz CT molecular complexity index is 1300. The maximum atomic E-state index is 13.6. The minimum atomic E-state index is -4.30. The number of nitrogens with zero attached hydrogens (tertiary/aromatic N) is 5. The number of anilines is 1. The molecule has 15 heteroatoms. The Morgan fingerprint density at radius 2 is 2.03 bits per heavy atom. The van der Waals surface area contributed by atoms with Crippen LogP contribution in [-0.2, 0) is 10.0 Å². The van der Waals surface area contributed by atoms with Crippen LogP contribution in [0.25, 0.3) is 0 Å². The molecule has 0 unspecified atom stereocenters. The lowest BCUT2D eigenvalue weighted by Crippen LogP contribution is -2.45. The average Bonchev–Trinajstić information content (AvgIpc) is 3.48. The predicted molar refractivity (Wildman–Crippen MR) is 121 cm³/mol. The van der Waals surface area contributed by atoms with Gasteiger partial charge in [-0.15, -0.1) is 0 Å². The molecule has 1 fully saturated rings. The van der Waals surface area contributed by atoms with Crippen molar-refractivity contribution in [3.63, 3.8) is 0 Å². The van der Waals surface area contributed by atoms with Gasteiger partial charge in [-0.2, -0.15) is 27.4 Å². The Labute approximate surface area is 203 Å². The van der Waals surface area contributed by atoms with Gasteiger partial charge in [0.15, 0.2) is 0 Å². The van der Waals surface area contributed by atoms with E-state index in [9.17, 15) is 21.6 Å². The van der Waals surface area contributed by atoms with Crippen molar-refractivity contribution in [2.45, 2.75) is 42.4 Å². The minimum absolute atomic E-state index is 0.0144. The van der Waals surface area contributed by atoms with E-state index in [0.717, 1.165) is 16.3 Å². The van der Waals surface area contributed by atoms with Crippen molar-refractivity contribution in [2.75, 3.05) is 23.7 Å². The van der Waals surface area contributed by atoms with Gasteiger partial charge >= 0.3 is 6.18 Å². The van der Waals surface area contributed by atoms with Crippen molar-refractivity contribution >= 4 is 26.7 Å². The van der Waals surface area contributed by atoms with Crippen LogP contribution in [0.5, 0.6) is 5.75 Å². The van der Waals surface area contributed by atoms with Crippen molar-refractivity contribution in [1.29, 1.82) is 0 Å². The van der Waals surface area contributed by atoms with Crippen molar-refractivity contribution in [3.8, 4) is 5.75 Å². The molecule has 0 spiro atoms. The monoisotopic (exact) mass is 529 g/mol. The van der Waals surface area contributed by atoms with Gasteiger partial charge in [-0.3, -0.25) is 9.62 Å². The van der Waals surface area contributed by atoms with E-state index in [1.165, 1.54) is 24.7 Å². The number of rotatable bonds is 5. The quantitative estimate of drug-likeness (QED) is 0.483. The maximum Gasteiger partial charge on any atom is 0.391 e. The number of hydrogen-bond acceptors (Lipinski definition) is 9. The van der Waals surface area contributed by atoms with Crippen LogP contribution < -0.4 is 15.3 Å². The standard InChI is InChI=1S/C20H22F3N7O3S2/c21-20(22,23)12-4-7-29(17(9-12)16-3-6-26-30(16)24)15-5-8-33-18-10-13(1-2-14(15)18)35(31,32)28-19-25-11-27-34-19/h1-3,6,10-12,15,17H,4-5,7-9,24H2,(H,25,27,28)/t12-,15+,17+/m0/s1. The topological polar surface area (TPSA) is 128 Å². The molecule has 5 rings (SSSR count). The number of nitrogens with one attached hydrogen (secondary N) is 1. The summed E-state index contributed by atoms with van der Waals surface area (Å²) in [7, 11) is -3.92. The van der Waals surface area contributed by atoms with Gasteiger partial charge in [-0.25, -0.2) is 13.4 Å². The molecule has 3 N–H and O–H groups in total. The van der Waals surface area contributed by atoms with Gasteiger partial charge in [0.1, 0.15) is 12.1 Å². The molecule has 0 aliphatic carbocycles. The van der Waals surface area contributed by atoms with Crippen LogP contribution in [-0.4, -0.2) is 51.9 Å². The minimum Gasteiger partial charge on any atom is -0.493 e. The summed E-state index contributed by atoms with van der Waals surface area (Å²) in [6, 6.07) is 5.28. The molecule has 3 atom stereocenters. The van der Waals surface area contributed by atoms with E-state index >= 15 is 0 Å². The second-order valence-electron chi connectivity index (χ2n) is 8.42. The third kappa shape index (κ3) is 4.67. The Hall–Kier alpha value is -2.91. The summed E-state index contributed by atoms with van der Waals surface area (Å²) < 4.78 is 78.2. The normalized spacial score (nSPS) is 23.5. The highest BCUT2D eigenvalue weighted by Crippen LogP contribution is 2.48. The third-order valence-electron chi connectivity index (χ3n) is 6.44. The van der Waals surface area contributed by atoms with Gasteiger partial charge in [-0.1, -0.05) is 6.07 Å². The first-order chi connectivity index (χ1) is 16.6. The number of nitrogens with two attached hydrogens (primary N) is 1. The molecule has 4 heterocycles. The van der Waals surface area contributed by atoms with E-state index in [1.54, 1.807) is 12.1 Å². The number of likely N-dealkylation sites (tertiary alicyclic amines) is 1. The smallest absolute Gasteiger partial charge is 0.391 e. The summed E-state index contributed by atoms with van der Waals surface area (Å²) in [5.41, 5.74) is 1.21.